The molecule has 10 rings (SSSR count). The lowest BCUT2D eigenvalue weighted by Gasteiger charge is -2.47. The molecule has 0 heterocycles. The second-order valence-corrected chi connectivity index (χ2v) is 60.2. The van der Waals surface area contributed by atoms with Crippen LogP contribution < -0.4 is 35.9 Å². The van der Waals surface area contributed by atoms with Gasteiger partial charge in [-0.15, -0.1) is 0 Å². The molecule has 0 aromatic heterocycles. The van der Waals surface area contributed by atoms with Crippen LogP contribution in [0.15, 0.2) is 267 Å². The molecule has 0 amide bonds. The first-order valence-corrected chi connectivity index (χ1v) is 55.8. The maximum Gasteiger partial charge on any atom is 0.506 e. The normalized spacial score (nSPS) is 14.4. The lowest BCUT2D eigenvalue weighted by atomic mass is 10.1. The van der Waals surface area contributed by atoms with Crippen molar-refractivity contribution >= 4 is 98.1 Å². The Morgan fingerprint density at radius 1 is 0.276 bits per heavy atom. The zero-order chi connectivity index (χ0) is 69.5. The maximum absolute atomic E-state index is 9.90. The van der Waals surface area contributed by atoms with Gasteiger partial charge in [0, 0.05) is 5.19 Å². The van der Waals surface area contributed by atoms with Crippen molar-refractivity contribution in [2.75, 3.05) is 7.11 Å². The summed E-state index contributed by atoms with van der Waals surface area (Å²) in [6.07, 6.45) is 0. The van der Waals surface area contributed by atoms with Gasteiger partial charge in [-0.25, -0.2) is 0 Å². The standard InChI is InChI=1S/C50H66O4Si6.C32H38O3Si2.8CH4/c1-43-27-23-25-29-45(43)41-58(9,48-33-17-12-18-34-48)53-60(50-37-21-14-22-38-50,54-59(10,49-35-19-13-20-36-49)42-46-30-26-24-28-44(46)2)52-56(6,7)39-40-57(8,51-55(3,4)5)47-31-15-11-16-32-47;1-25-16-18-27(20-29(25)22-33)23-36(4,30-12-8-6-9-13-30)35-37(5,31-14-10-7-11-15-31)24-28-19-17-26(2)32(21-28)34-3;;;;;;;;/h11-38H,39-42H2,1-10H3;6-21,33H,22-24H2,1-5H3;8*1H4. The van der Waals surface area contributed by atoms with E-state index in [-0.39, 0.29) is 66.0 Å². The van der Waals surface area contributed by atoms with Crippen molar-refractivity contribution in [3.8, 4) is 5.75 Å². The fraction of sp³-hybridized carbons (Fsp3) is 0.333. The highest BCUT2D eigenvalue weighted by Gasteiger charge is 2.58. The van der Waals surface area contributed by atoms with Gasteiger partial charge in [-0.05, 0) is 212 Å². The molecule has 5 unspecified atom stereocenters. The predicted molar refractivity (Wildman–Crippen MR) is 482 cm³/mol. The molecular formula is C90H136O7Si8. The highest BCUT2D eigenvalue weighted by Crippen LogP contribution is 2.35. The van der Waals surface area contributed by atoms with Crippen LogP contribution in [0.2, 0.25) is 77.6 Å². The van der Waals surface area contributed by atoms with Crippen molar-refractivity contribution < 1.29 is 30.4 Å². The van der Waals surface area contributed by atoms with Gasteiger partial charge in [0.15, 0.2) is 16.6 Å². The van der Waals surface area contributed by atoms with Crippen molar-refractivity contribution in [3.05, 3.63) is 317 Å². The lowest BCUT2D eigenvalue weighted by molar-refractivity contribution is 0.270. The first-order chi connectivity index (χ1) is 46.2. The molecule has 0 saturated carbocycles. The van der Waals surface area contributed by atoms with Gasteiger partial charge in [0.25, 0.3) is 0 Å². The minimum atomic E-state index is -3.84. The Hall–Kier alpha value is -6.50. The first kappa shape index (κ1) is 96.5. The van der Waals surface area contributed by atoms with Gasteiger partial charge in [0.05, 0.1) is 13.7 Å². The Kier molecular flexibility index (Phi) is 38.9. The second-order valence-electron chi connectivity index (χ2n) is 29.1. The third-order valence-corrected chi connectivity index (χ3v) is 52.2. The largest absolute Gasteiger partial charge is 0.506 e. The van der Waals surface area contributed by atoms with Crippen molar-refractivity contribution in [3.63, 3.8) is 0 Å². The Morgan fingerprint density at radius 2 is 0.581 bits per heavy atom. The van der Waals surface area contributed by atoms with Crippen LogP contribution in [-0.4, -0.2) is 79.2 Å². The average molecular weight is 1550 g/mol. The quantitative estimate of drug-likeness (QED) is 0.0468. The number of aryl methyl sites for hydroxylation is 4. The van der Waals surface area contributed by atoms with Crippen LogP contribution in [0.25, 0.3) is 0 Å². The molecule has 10 aromatic carbocycles. The summed E-state index contributed by atoms with van der Waals surface area (Å²) in [4.78, 5) is 0. The second kappa shape index (κ2) is 42.3. The summed E-state index contributed by atoms with van der Waals surface area (Å²) < 4.78 is 45.2. The molecule has 0 saturated heterocycles. The molecule has 570 valence electrons. The highest BCUT2D eigenvalue weighted by atomic mass is 28.5. The van der Waals surface area contributed by atoms with E-state index in [1.54, 1.807) is 7.11 Å². The number of hydrogen-bond acceptors (Lipinski definition) is 7. The van der Waals surface area contributed by atoms with E-state index in [0.29, 0.717) is 0 Å². The van der Waals surface area contributed by atoms with Gasteiger partial charge < -0.3 is 30.4 Å². The number of hydrogen-bond donors (Lipinski definition) is 1. The minimum absolute atomic E-state index is 0. The lowest BCUT2D eigenvalue weighted by Crippen LogP contribution is -2.73. The molecule has 15 heteroatoms. The van der Waals surface area contributed by atoms with E-state index < -0.39 is 67.0 Å². The number of rotatable bonds is 29. The van der Waals surface area contributed by atoms with Gasteiger partial charge in [-0.3, -0.25) is 0 Å². The topological polar surface area (TPSA) is 75.6 Å². The van der Waals surface area contributed by atoms with Crippen LogP contribution >= 0.6 is 0 Å². The van der Waals surface area contributed by atoms with Crippen LogP contribution in [0.3, 0.4) is 0 Å². The Balaban J connectivity index is 0.00000107. The summed E-state index contributed by atoms with van der Waals surface area (Å²) in [5, 5.41) is 17.3. The number of ether oxygens (including phenoxy) is 1. The molecule has 7 nitrogen and oxygen atoms in total. The average Bonchev–Trinajstić information content (AvgIpc) is 0.746. The fourth-order valence-electron chi connectivity index (χ4n) is 13.7. The van der Waals surface area contributed by atoms with Crippen LogP contribution in [0.5, 0.6) is 5.75 Å². The molecule has 105 heavy (non-hydrogen) atoms. The van der Waals surface area contributed by atoms with Crippen molar-refractivity contribution in [1.29, 1.82) is 0 Å². The smallest absolute Gasteiger partial charge is 0.496 e. The van der Waals surface area contributed by atoms with Gasteiger partial charge in [-0.2, -0.15) is 0 Å². The molecule has 0 radical (unpaired) electrons. The number of methoxy groups -OCH3 is 1. The van der Waals surface area contributed by atoms with E-state index in [0.717, 1.165) is 63.9 Å². The van der Waals surface area contributed by atoms with E-state index in [2.05, 4.69) is 360 Å². The zero-order valence-electron chi connectivity index (χ0n) is 60.2. The minimum Gasteiger partial charge on any atom is -0.496 e. The molecule has 0 fully saturated rings. The number of aliphatic hydroxyl groups excluding tert-OH is 1. The molecule has 5 atom stereocenters. The van der Waals surface area contributed by atoms with Gasteiger partial charge in [-0.1, -0.05) is 320 Å². The highest BCUT2D eigenvalue weighted by molar-refractivity contribution is 7.02. The van der Waals surface area contributed by atoms with E-state index in [9.17, 15) is 5.11 Å². The Bertz CT molecular complexity index is 3910. The van der Waals surface area contributed by atoms with E-state index in [4.69, 9.17) is 25.3 Å². The van der Waals surface area contributed by atoms with Crippen LogP contribution in [0.4, 0.5) is 0 Å². The van der Waals surface area contributed by atoms with E-state index in [1.165, 1.54) is 59.3 Å². The predicted octanol–water partition coefficient (Wildman–Crippen LogP) is 21.3. The van der Waals surface area contributed by atoms with Gasteiger partial charge in [0.1, 0.15) is 5.75 Å². The fourth-order valence-corrected chi connectivity index (χ4v) is 52.9. The van der Waals surface area contributed by atoms with Crippen LogP contribution in [0.1, 0.15) is 109 Å². The molecular weight excluding hydrogens is 1420 g/mol. The molecule has 0 aliphatic carbocycles. The summed E-state index contributed by atoms with van der Waals surface area (Å²) in [5.41, 5.74) is 10.8. The molecule has 1 N–H and O–H groups in total. The monoisotopic (exact) mass is 1550 g/mol. The van der Waals surface area contributed by atoms with Crippen molar-refractivity contribution in [2.45, 2.75) is 195 Å². The SMILES string of the molecule is C.C.C.C.C.C.C.C.COc1cc(C[Si](C)(O[Si](C)(Cc2ccc(C)c(CO)c2)c2ccccc2)c2ccccc2)ccc1C.Cc1ccccc1C[Si](C)(O[Si](O[Si](C)(C)CC[Si](C)(O[Si](C)(C)C)c1ccccc1)(O[Si](C)(Cc1ccccc1C)c1ccccc1)c1ccccc1)c1ccccc1. The maximum atomic E-state index is 9.90. The summed E-state index contributed by atoms with van der Waals surface area (Å²) in [7, 11) is -19.8. The Morgan fingerprint density at radius 3 is 0.924 bits per heavy atom. The molecule has 0 bridgehead atoms. The molecule has 0 spiro atoms. The molecule has 10 aromatic rings. The first-order valence-electron chi connectivity index (χ1n) is 34.5. The number of aliphatic hydroxyl groups is 1. The van der Waals surface area contributed by atoms with Crippen molar-refractivity contribution in [2.24, 2.45) is 0 Å². The molecule has 0 aliphatic rings. The summed E-state index contributed by atoms with van der Waals surface area (Å²) in [6, 6.07) is 101. The summed E-state index contributed by atoms with van der Waals surface area (Å²) in [6.45, 7) is 32.3. The third kappa shape index (κ3) is 25.6. The van der Waals surface area contributed by atoms with Crippen LogP contribution in [0, 0.1) is 27.7 Å². The van der Waals surface area contributed by atoms with Gasteiger partial charge >= 0.3 is 8.80 Å². The van der Waals surface area contributed by atoms with Crippen molar-refractivity contribution in [1.82, 2.24) is 0 Å². The van der Waals surface area contributed by atoms with Gasteiger partial charge in [0.2, 0.25) is 41.6 Å². The molecule has 0 aliphatic heterocycles. The third-order valence-electron chi connectivity index (χ3n) is 19.1. The van der Waals surface area contributed by atoms with E-state index >= 15 is 0 Å². The Labute approximate surface area is 649 Å². The number of benzene rings is 10. The summed E-state index contributed by atoms with van der Waals surface area (Å²) in [5.74, 6) is 0.918. The van der Waals surface area contributed by atoms with Crippen LogP contribution in [-0.2, 0) is 51.4 Å². The van der Waals surface area contributed by atoms with E-state index in [1.807, 2.05) is 0 Å². The zero-order valence-corrected chi connectivity index (χ0v) is 68.2. The summed E-state index contributed by atoms with van der Waals surface area (Å²) >= 11 is 0.